The van der Waals surface area contributed by atoms with E-state index in [9.17, 15) is 21.6 Å². The largest absolute Gasteiger partial charge is 0.433 e. The number of alkyl halides is 3. The molecular formula is C13H14F3N3O2S2. The van der Waals surface area contributed by atoms with E-state index >= 15 is 0 Å². The first-order valence-corrected chi connectivity index (χ1v) is 8.81. The molecule has 0 aliphatic rings. The fourth-order valence-corrected chi connectivity index (χ4v) is 4.09. The Balaban J connectivity index is 1.95. The Hall–Kier alpha value is -1.65. The van der Waals surface area contributed by atoms with Crippen molar-refractivity contribution in [3.63, 3.8) is 0 Å². The van der Waals surface area contributed by atoms with Gasteiger partial charge in [-0.05, 0) is 23.6 Å². The lowest BCUT2D eigenvalue weighted by Crippen LogP contribution is -2.31. The van der Waals surface area contributed by atoms with E-state index in [0.29, 0.717) is 0 Å². The summed E-state index contributed by atoms with van der Waals surface area (Å²) in [5.74, 6) is 0.0433. The number of rotatable bonds is 6. The second kappa shape index (κ2) is 6.85. The van der Waals surface area contributed by atoms with Gasteiger partial charge in [0.2, 0.25) is 0 Å². The van der Waals surface area contributed by atoms with Gasteiger partial charge in [-0.1, -0.05) is 12.1 Å². The molecule has 0 unspecified atom stereocenters. The Kier molecular flexibility index (Phi) is 5.27. The second-order valence-corrected chi connectivity index (χ2v) is 7.81. The Morgan fingerprint density at radius 2 is 2.00 bits per heavy atom. The van der Waals surface area contributed by atoms with Crippen molar-refractivity contribution >= 4 is 27.2 Å². The molecule has 0 saturated heterocycles. The van der Waals surface area contributed by atoms with Crippen molar-refractivity contribution in [2.45, 2.75) is 10.4 Å². The third-order valence-corrected chi connectivity index (χ3v) is 6.16. The summed E-state index contributed by atoms with van der Waals surface area (Å²) in [4.78, 5) is 3.45. The van der Waals surface area contributed by atoms with Crippen LogP contribution in [0.4, 0.5) is 19.0 Å². The molecule has 1 N–H and O–H groups in total. The van der Waals surface area contributed by atoms with Crippen LogP contribution in [0, 0.1) is 0 Å². The molecule has 2 aromatic rings. The van der Waals surface area contributed by atoms with Crippen LogP contribution < -0.4 is 5.32 Å². The summed E-state index contributed by atoms with van der Waals surface area (Å²) in [6.07, 6.45) is -4.52. The van der Waals surface area contributed by atoms with Gasteiger partial charge in [-0.15, -0.1) is 11.3 Å². The third-order valence-electron chi connectivity index (χ3n) is 2.93. The van der Waals surface area contributed by atoms with Crippen LogP contribution in [0.25, 0.3) is 0 Å². The zero-order valence-corrected chi connectivity index (χ0v) is 13.7. The lowest BCUT2D eigenvalue weighted by molar-refractivity contribution is -0.141. The van der Waals surface area contributed by atoms with Crippen LogP contribution in [0.2, 0.25) is 0 Å². The number of hydrogen-bond acceptors (Lipinski definition) is 5. The maximum atomic E-state index is 12.6. The number of nitrogens with one attached hydrogen (secondary N) is 1. The maximum absolute atomic E-state index is 12.6. The molecule has 2 rings (SSSR count). The van der Waals surface area contributed by atoms with E-state index in [4.69, 9.17) is 0 Å². The van der Waals surface area contributed by atoms with E-state index in [1.807, 2.05) is 0 Å². The number of anilines is 1. The summed E-state index contributed by atoms with van der Waals surface area (Å²) < 4.78 is 63.4. The van der Waals surface area contributed by atoms with Gasteiger partial charge in [0, 0.05) is 20.1 Å². The van der Waals surface area contributed by atoms with E-state index in [2.05, 4.69) is 10.3 Å². The molecule has 0 aromatic carbocycles. The summed E-state index contributed by atoms with van der Waals surface area (Å²) in [6, 6.07) is 6.64. The number of pyridine rings is 1. The fraction of sp³-hybridized carbons (Fsp3) is 0.308. The molecule has 0 aliphatic carbocycles. The topological polar surface area (TPSA) is 62.3 Å². The first kappa shape index (κ1) is 17.7. The van der Waals surface area contributed by atoms with Crippen LogP contribution in [-0.4, -0.2) is 37.8 Å². The number of nitrogens with zero attached hydrogens (tertiary/aromatic N) is 2. The average Bonchev–Trinajstić information content (AvgIpc) is 3.01. The third kappa shape index (κ3) is 4.43. The van der Waals surface area contributed by atoms with Crippen LogP contribution >= 0.6 is 11.3 Å². The zero-order valence-electron chi connectivity index (χ0n) is 12.0. The molecule has 5 nitrogen and oxygen atoms in total. The molecule has 0 bridgehead atoms. The van der Waals surface area contributed by atoms with Crippen LogP contribution in [-0.2, 0) is 16.2 Å². The molecule has 0 atom stereocenters. The summed E-state index contributed by atoms with van der Waals surface area (Å²) in [6.45, 7) is 0.230. The molecule has 0 saturated carbocycles. The van der Waals surface area contributed by atoms with Gasteiger partial charge in [0.25, 0.3) is 10.0 Å². The molecule has 0 spiro atoms. The van der Waals surface area contributed by atoms with Gasteiger partial charge in [0.1, 0.15) is 15.7 Å². The van der Waals surface area contributed by atoms with Crippen molar-refractivity contribution in [2.24, 2.45) is 0 Å². The summed E-state index contributed by atoms with van der Waals surface area (Å²) >= 11 is 1.11. The summed E-state index contributed by atoms with van der Waals surface area (Å²) in [5.41, 5.74) is -0.998. The van der Waals surface area contributed by atoms with Crippen molar-refractivity contribution in [1.82, 2.24) is 9.29 Å². The van der Waals surface area contributed by atoms with Crippen LogP contribution in [0.3, 0.4) is 0 Å². The number of aromatic nitrogens is 1. The first-order valence-electron chi connectivity index (χ1n) is 6.49. The minimum absolute atomic E-state index is 0.0433. The monoisotopic (exact) mass is 365 g/mol. The number of halogens is 3. The summed E-state index contributed by atoms with van der Waals surface area (Å²) in [5, 5.41) is 4.35. The Bertz CT molecular complexity index is 746. The van der Waals surface area contributed by atoms with Crippen molar-refractivity contribution in [1.29, 1.82) is 0 Å². The van der Waals surface area contributed by atoms with Crippen LogP contribution in [0.5, 0.6) is 0 Å². The molecule has 2 aromatic heterocycles. The van der Waals surface area contributed by atoms with Gasteiger partial charge in [-0.25, -0.2) is 13.4 Å². The van der Waals surface area contributed by atoms with E-state index in [-0.39, 0.29) is 23.1 Å². The van der Waals surface area contributed by atoms with E-state index in [1.54, 1.807) is 11.4 Å². The van der Waals surface area contributed by atoms with E-state index in [0.717, 1.165) is 21.7 Å². The molecule has 0 aliphatic heterocycles. The van der Waals surface area contributed by atoms with Crippen LogP contribution in [0.15, 0.2) is 39.9 Å². The second-order valence-electron chi connectivity index (χ2n) is 4.59. The summed E-state index contributed by atoms with van der Waals surface area (Å²) in [7, 11) is -2.16. The predicted octanol–water partition coefficient (Wildman–Crippen LogP) is 2.89. The minimum Gasteiger partial charge on any atom is -0.369 e. The Morgan fingerprint density at radius 1 is 1.26 bits per heavy atom. The van der Waals surface area contributed by atoms with Crippen molar-refractivity contribution in [3.05, 3.63) is 41.4 Å². The van der Waals surface area contributed by atoms with E-state index in [1.165, 1.54) is 25.2 Å². The number of likely N-dealkylation sites (N-methyl/N-ethyl adjacent to an activating group) is 1. The lowest BCUT2D eigenvalue weighted by atomic mass is 10.3. The molecule has 0 amide bonds. The highest BCUT2D eigenvalue weighted by atomic mass is 32.2. The highest BCUT2D eigenvalue weighted by Gasteiger charge is 2.32. The SMILES string of the molecule is CN(CCNc1cccc(C(F)(F)F)n1)S(=O)(=O)c1cccs1. The van der Waals surface area contributed by atoms with Gasteiger partial charge in [0.15, 0.2) is 0 Å². The van der Waals surface area contributed by atoms with E-state index < -0.39 is 21.9 Å². The Labute approximate surface area is 135 Å². The van der Waals surface area contributed by atoms with Crippen LogP contribution in [0.1, 0.15) is 5.69 Å². The molecule has 10 heteroatoms. The zero-order chi connectivity index (χ0) is 17.1. The fourth-order valence-electron chi connectivity index (χ4n) is 1.72. The number of thiophene rings is 1. The molecule has 0 fully saturated rings. The van der Waals surface area contributed by atoms with Gasteiger partial charge < -0.3 is 5.32 Å². The Morgan fingerprint density at radius 3 is 2.61 bits per heavy atom. The quantitative estimate of drug-likeness (QED) is 0.855. The van der Waals surface area contributed by atoms with Gasteiger partial charge in [0.05, 0.1) is 0 Å². The molecule has 2 heterocycles. The van der Waals surface area contributed by atoms with Gasteiger partial charge >= 0.3 is 6.18 Å². The average molecular weight is 365 g/mol. The lowest BCUT2D eigenvalue weighted by Gasteiger charge is -2.16. The predicted molar refractivity (Wildman–Crippen MR) is 81.9 cm³/mol. The molecule has 23 heavy (non-hydrogen) atoms. The number of sulfonamides is 1. The minimum atomic E-state index is -4.52. The van der Waals surface area contributed by atoms with Crippen molar-refractivity contribution in [3.8, 4) is 0 Å². The normalized spacial score (nSPS) is 12.6. The maximum Gasteiger partial charge on any atom is 0.433 e. The first-order chi connectivity index (χ1) is 10.7. The highest BCUT2D eigenvalue weighted by molar-refractivity contribution is 7.91. The van der Waals surface area contributed by atoms with Gasteiger partial charge in [-0.3, -0.25) is 0 Å². The number of hydrogen-bond donors (Lipinski definition) is 1. The molecular weight excluding hydrogens is 351 g/mol. The molecule has 0 radical (unpaired) electrons. The smallest absolute Gasteiger partial charge is 0.369 e. The molecule has 126 valence electrons. The van der Waals surface area contributed by atoms with Crippen molar-refractivity contribution < 1.29 is 21.6 Å². The standard InChI is InChI=1S/C13H14F3N3O2S2/c1-19(23(20,21)12-6-3-9-22-12)8-7-17-11-5-2-4-10(18-11)13(14,15)16/h2-6,9H,7-8H2,1H3,(H,17,18). The highest BCUT2D eigenvalue weighted by Crippen LogP contribution is 2.28. The van der Waals surface area contributed by atoms with Gasteiger partial charge in [-0.2, -0.15) is 17.5 Å². The van der Waals surface area contributed by atoms with Crippen molar-refractivity contribution in [2.75, 3.05) is 25.5 Å².